The van der Waals surface area contributed by atoms with Gasteiger partial charge in [-0.25, -0.2) is 9.13 Å². The van der Waals surface area contributed by atoms with Crippen molar-refractivity contribution in [3.63, 3.8) is 0 Å². The minimum Gasteiger partial charge on any atom is -0.463 e. The maximum absolute atomic E-state index is 13.0. The van der Waals surface area contributed by atoms with E-state index >= 15 is 0 Å². The third kappa shape index (κ3) is 72.8. The van der Waals surface area contributed by atoms with E-state index in [2.05, 4.69) is 154 Å². The fourth-order valence-corrected chi connectivity index (χ4v) is 11.1. The second-order valence-corrected chi connectivity index (χ2v) is 27.6. The van der Waals surface area contributed by atoms with Gasteiger partial charge in [0.05, 0.1) is 26.4 Å². The van der Waals surface area contributed by atoms with Crippen LogP contribution in [0.3, 0.4) is 0 Å². The van der Waals surface area contributed by atoms with E-state index in [9.17, 15) is 43.5 Å². The fraction of sp³-hybridized carbons (Fsp3) is 0.684. The summed E-state index contributed by atoms with van der Waals surface area (Å²) in [6.45, 7) is 2.53. The molecule has 5 unspecified atom stereocenters. The number of aliphatic hydroxyl groups is 2. The molecule has 0 saturated carbocycles. The van der Waals surface area contributed by atoms with Gasteiger partial charge < -0.3 is 34.2 Å². The average molecular weight is 1400 g/mol. The number of aliphatic hydroxyl groups excluding tert-OH is 2. The quantitative estimate of drug-likeness (QED) is 0.0146. The van der Waals surface area contributed by atoms with Gasteiger partial charge in [0.1, 0.15) is 25.4 Å². The highest BCUT2D eigenvalue weighted by Gasteiger charge is 2.29. The Morgan fingerprint density at radius 2 is 0.515 bits per heavy atom. The second kappa shape index (κ2) is 71.5. The Labute approximate surface area is 588 Å². The van der Waals surface area contributed by atoms with Crippen molar-refractivity contribution in [3.8, 4) is 0 Å². The lowest BCUT2D eigenvalue weighted by Gasteiger charge is -2.21. The van der Waals surface area contributed by atoms with E-state index in [0.717, 1.165) is 161 Å². The molecule has 0 aromatic rings. The zero-order valence-corrected chi connectivity index (χ0v) is 62.2. The number of carbonyl (C=O) groups is 3. The Balaban J connectivity index is 4.77. The number of allylic oxidation sites excluding steroid dienone is 22. The highest BCUT2D eigenvalue weighted by molar-refractivity contribution is 7.47. The van der Waals surface area contributed by atoms with E-state index in [1.54, 1.807) is 0 Å². The number of hydrogen-bond acceptors (Lipinski definition) is 14. The number of esters is 3. The normalized spacial score (nSPS) is 14.8. The molecule has 5 atom stereocenters. The van der Waals surface area contributed by atoms with Gasteiger partial charge in [-0.15, -0.1) is 0 Å². The molecule has 0 aliphatic heterocycles. The molecule has 4 N–H and O–H groups in total. The SMILES string of the molecule is CCCCC/C=C\C/C=C\C/C=C\C/C=C\CCCCCCCC(=O)OCC(O)COP(=O)(O)OCC(O)COP(=O)(O)OCC(COC(=O)CCCCCCC/C=C\C/C=C\C/C=C\C/C=C\CCCCC)OC(=O)CCCCCCCC/C=C\C/C=C\C/C=C\CCCCC. The summed E-state index contributed by atoms with van der Waals surface area (Å²) >= 11 is 0. The molecule has 0 bridgehead atoms. The Kier molecular flexibility index (Phi) is 68.3. The molecule has 16 nitrogen and oxygen atoms in total. The van der Waals surface area contributed by atoms with Crippen molar-refractivity contribution in [3.05, 3.63) is 134 Å². The molecule has 0 heterocycles. The molecule has 0 amide bonds. The zero-order valence-electron chi connectivity index (χ0n) is 60.5. The molecule has 0 aromatic carbocycles. The lowest BCUT2D eigenvalue weighted by molar-refractivity contribution is -0.161. The Morgan fingerprint density at radius 1 is 0.289 bits per heavy atom. The number of rotatable bonds is 70. The molecule has 0 rings (SSSR count). The largest absolute Gasteiger partial charge is 0.472 e. The van der Waals surface area contributed by atoms with Crippen LogP contribution in [0, 0.1) is 0 Å². The van der Waals surface area contributed by atoms with Crippen molar-refractivity contribution in [2.45, 2.75) is 309 Å². The van der Waals surface area contributed by atoms with E-state index < -0.39 is 91.5 Å². The van der Waals surface area contributed by atoms with Crippen molar-refractivity contribution < 1.29 is 75.8 Å². The molecule has 556 valence electrons. The van der Waals surface area contributed by atoms with Crippen LogP contribution in [-0.2, 0) is 55.8 Å². The third-order valence-electron chi connectivity index (χ3n) is 15.3. The van der Waals surface area contributed by atoms with E-state index in [0.29, 0.717) is 19.3 Å². The van der Waals surface area contributed by atoms with Gasteiger partial charge in [0.2, 0.25) is 0 Å². The van der Waals surface area contributed by atoms with Crippen molar-refractivity contribution in [1.82, 2.24) is 0 Å². The predicted octanol–water partition coefficient (Wildman–Crippen LogP) is 21.5. The lowest BCUT2D eigenvalue weighted by atomic mass is 10.1. The van der Waals surface area contributed by atoms with Crippen LogP contribution < -0.4 is 0 Å². The van der Waals surface area contributed by atoms with E-state index in [1.807, 2.05) is 0 Å². The number of ether oxygens (including phenoxy) is 3. The summed E-state index contributed by atoms with van der Waals surface area (Å²) in [6.07, 6.45) is 84.8. The van der Waals surface area contributed by atoms with Crippen LogP contribution in [0.15, 0.2) is 134 Å². The van der Waals surface area contributed by atoms with Crippen molar-refractivity contribution in [1.29, 1.82) is 0 Å². The Hall–Kier alpha value is -4.31. The number of phosphoric acid groups is 2. The molecule has 97 heavy (non-hydrogen) atoms. The minimum atomic E-state index is -4.94. The molecule has 0 radical (unpaired) electrons. The monoisotopic (exact) mass is 1400 g/mol. The summed E-state index contributed by atoms with van der Waals surface area (Å²) in [4.78, 5) is 58.6. The molecular weight excluding hydrogens is 1270 g/mol. The first-order valence-electron chi connectivity index (χ1n) is 37.5. The van der Waals surface area contributed by atoms with Crippen molar-refractivity contribution in [2.75, 3.05) is 39.6 Å². The van der Waals surface area contributed by atoms with Gasteiger partial charge in [0, 0.05) is 19.3 Å². The van der Waals surface area contributed by atoms with E-state index in [1.165, 1.54) is 70.6 Å². The molecule has 0 spiro atoms. The van der Waals surface area contributed by atoms with Crippen LogP contribution in [-0.4, -0.2) is 95.9 Å². The maximum atomic E-state index is 13.0. The predicted molar refractivity (Wildman–Crippen MR) is 399 cm³/mol. The van der Waals surface area contributed by atoms with Crippen LogP contribution in [0.5, 0.6) is 0 Å². The standard InChI is InChI=1S/C79H134O16P2/c1-4-7-10-13-16-19-22-25-28-31-34-36-39-41-44-47-50-53-56-59-62-65-77(82)89-68-74(80)69-91-96(85,86)92-70-75(81)71-93-97(87,88)94-73-76(95-79(84)67-64-61-58-55-52-49-46-43-38-33-30-27-24-21-18-15-12-9-6-3)72-90-78(83)66-63-60-57-54-51-48-45-42-40-37-35-32-29-26-23-20-17-14-11-8-5-2/h16-21,25-30,34-38,41-45,74-76,80-81H,4-15,22-24,31-33,39-40,46-73H2,1-3H3,(H,85,86)(H,87,88)/b19-16-,20-17-,21-18-,28-25-,29-26-,30-27-,36-34-,37-35-,43-38-,44-41-,45-42-. The second-order valence-electron chi connectivity index (χ2n) is 24.7. The summed E-state index contributed by atoms with van der Waals surface area (Å²) in [6, 6.07) is 0. The smallest absolute Gasteiger partial charge is 0.463 e. The van der Waals surface area contributed by atoms with Crippen molar-refractivity contribution >= 4 is 33.6 Å². The molecule has 0 saturated heterocycles. The van der Waals surface area contributed by atoms with Crippen LogP contribution in [0.4, 0.5) is 0 Å². The maximum Gasteiger partial charge on any atom is 0.472 e. The summed E-state index contributed by atoms with van der Waals surface area (Å²) in [5.41, 5.74) is 0. The number of phosphoric ester groups is 2. The Morgan fingerprint density at radius 3 is 0.814 bits per heavy atom. The van der Waals surface area contributed by atoms with E-state index in [4.69, 9.17) is 32.3 Å². The molecule has 0 aliphatic rings. The van der Waals surface area contributed by atoms with E-state index in [-0.39, 0.29) is 19.3 Å². The topological polar surface area (TPSA) is 231 Å². The minimum absolute atomic E-state index is 0.0811. The van der Waals surface area contributed by atoms with Crippen LogP contribution >= 0.6 is 15.6 Å². The van der Waals surface area contributed by atoms with Crippen molar-refractivity contribution in [2.24, 2.45) is 0 Å². The van der Waals surface area contributed by atoms with Gasteiger partial charge in [-0.1, -0.05) is 257 Å². The molecule has 0 aliphatic carbocycles. The highest BCUT2D eigenvalue weighted by atomic mass is 31.2. The van der Waals surface area contributed by atoms with Crippen LogP contribution in [0.25, 0.3) is 0 Å². The van der Waals surface area contributed by atoms with Gasteiger partial charge in [0.25, 0.3) is 0 Å². The van der Waals surface area contributed by atoms with Gasteiger partial charge in [-0.3, -0.25) is 32.5 Å². The van der Waals surface area contributed by atoms with Gasteiger partial charge in [-0.2, -0.15) is 0 Å². The van der Waals surface area contributed by atoms with Gasteiger partial charge in [0.15, 0.2) is 6.10 Å². The number of carbonyl (C=O) groups excluding carboxylic acids is 3. The van der Waals surface area contributed by atoms with Crippen LogP contribution in [0.2, 0.25) is 0 Å². The summed E-state index contributed by atoms with van der Waals surface area (Å²) < 4.78 is 61.1. The number of unbranched alkanes of at least 4 members (excludes halogenated alkanes) is 25. The van der Waals surface area contributed by atoms with Gasteiger partial charge in [-0.05, 0) is 148 Å². The first-order valence-corrected chi connectivity index (χ1v) is 40.5. The molecule has 0 fully saturated rings. The Bertz CT molecular complexity index is 2300. The summed E-state index contributed by atoms with van der Waals surface area (Å²) in [5, 5.41) is 20.6. The first-order chi connectivity index (χ1) is 47.2. The molecule has 18 heteroatoms. The highest BCUT2D eigenvalue weighted by Crippen LogP contribution is 2.45. The number of hydrogen-bond donors (Lipinski definition) is 4. The first kappa shape index (κ1) is 92.7. The molecule has 0 aromatic heterocycles. The lowest BCUT2D eigenvalue weighted by Crippen LogP contribution is -2.30. The van der Waals surface area contributed by atoms with Crippen LogP contribution in [0.1, 0.15) is 290 Å². The zero-order chi connectivity index (χ0) is 70.9. The average Bonchev–Trinajstić information content (AvgIpc) is 1.90. The summed E-state index contributed by atoms with van der Waals surface area (Å²) in [5.74, 6) is -1.63. The third-order valence-corrected chi connectivity index (χ3v) is 17.2. The summed E-state index contributed by atoms with van der Waals surface area (Å²) in [7, 11) is -9.81. The fourth-order valence-electron chi connectivity index (χ4n) is 9.54. The van der Waals surface area contributed by atoms with Gasteiger partial charge >= 0.3 is 33.6 Å². The molecular formula is C79H134O16P2.